The topological polar surface area (TPSA) is 80.5 Å². The minimum atomic E-state index is -0.283. The van der Waals surface area contributed by atoms with E-state index < -0.39 is 0 Å². The lowest BCUT2D eigenvalue weighted by molar-refractivity contribution is -0.127. The third-order valence-electron chi connectivity index (χ3n) is 5.43. The van der Waals surface area contributed by atoms with Gasteiger partial charge in [-0.05, 0) is 61.3 Å². The van der Waals surface area contributed by atoms with Crippen LogP contribution in [0, 0.1) is 11.7 Å². The van der Waals surface area contributed by atoms with Crippen LogP contribution in [0.15, 0.2) is 53.1 Å². The first-order valence-corrected chi connectivity index (χ1v) is 10.3. The van der Waals surface area contributed by atoms with Crippen LogP contribution in [0.25, 0.3) is 11.4 Å². The molecular formula is C23H25FN4O3. The number of halogens is 1. The molecule has 1 fully saturated rings. The Balaban J connectivity index is 1.30. The second kappa shape index (κ2) is 9.70. The molecule has 3 aromatic rings. The number of nitrogens with zero attached hydrogens (tertiary/aromatic N) is 3. The molecule has 31 heavy (non-hydrogen) atoms. The molecule has 1 saturated heterocycles. The van der Waals surface area contributed by atoms with Gasteiger partial charge in [-0.2, -0.15) is 4.98 Å². The number of ether oxygens (including phenoxy) is 1. The number of rotatable bonds is 7. The summed E-state index contributed by atoms with van der Waals surface area (Å²) in [5, 5.41) is 7.03. The van der Waals surface area contributed by atoms with Crippen LogP contribution in [-0.2, 0) is 17.9 Å². The molecule has 0 bridgehead atoms. The SMILES string of the molecule is COc1ccc(-c2noc(CN3CCCC(C(=O)NCc4ccc(F)cc4)C3)n2)cc1. The summed E-state index contributed by atoms with van der Waals surface area (Å²) in [6.07, 6.45) is 1.76. The number of amides is 1. The van der Waals surface area contributed by atoms with E-state index in [0.29, 0.717) is 31.3 Å². The monoisotopic (exact) mass is 424 g/mol. The lowest BCUT2D eigenvalue weighted by Gasteiger charge is -2.30. The van der Waals surface area contributed by atoms with E-state index in [1.54, 1.807) is 19.2 Å². The summed E-state index contributed by atoms with van der Waals surface area (Å²) in [5.74, 6) is 1.46. The first kappa shape index (κ1) is 21.0. The molecule has 8 heteroatoms. The average Bonchev–Trinajstić information content (AvgIpc) is 3.27. The molecular weight excluding hydrogens is 399 g/mol. The first-order valence-electron chi connectivity index (χ1n) is 10.3. The van der Waals surface area contributed by atoms with Gasteiger partial charge in [0.15, 0.2) is 0 Å². The molecule has 1 aliphatic heterocycles. The molecule has 1 aliphatic rings. The van der Waals surface area contributed by atoms with Crippen molar-refractivity contribution in [2.24, 2.45) is 5.92 Å². The maximum absolute atomic E-state index is 13.0. The fourth-order valence-electron chi connectivity index (χ4n) is 3.72. The van der Waals surface area contributed by atoms with Crippen LogP contribution in [0.1, 0.15) is 24.3 Å². The molecule has 162 valence electrons. The highest BCUT2D eigenvalue weighted by Gasteiger charge is 2.26. The number of hydrogen-bond donors (Lipinski definition) is 1. The lowest BCUT2D eigenvalue weighted by atomic mass is 9.97. The van der Waals surface area contributed by atoms with Gasteiger partial charge in [-0.15, -0.1) is 0 Å². The Hall–Kier alpha value is -3.26. The Bertz CT molecular complexity index is 1000. The van der Waals surface area contributed by atoms with E-state index in [4.69, 9.17) is 9.26 Å². The van der Waals surface area contributed by atoms with Crippen LogP contribution < -0.4 is 10.1 Å². The molecule has 2 heterocycles. The Morgan fingerprint density at radius 3 is 2.74 bits per heavy atom. The molecule has 1 unspecified atom stereocenters. The second-order valence-electron chi connectivity index (χ2n) is 7.66. The summed E-state index contributed by atoms with van der Waals surface area (Å²) in [6, 6.07) is 13.6. The zero-order valence-corrected chi connectivity index (χ0v) is 17.4. The van der Waals surface area contributed by atoms with Crippen molar-refractivity contribution < 1.29 is 18.4 Å². The van der Waals surface area contributed by atoms with Gasteiger partial charge in [0, 0.05) is 18.7 Å². The molecule has 1 atom stereocenters. The number of carbonyl (C=O) groups is 1. The largest absolute Gasteiger partial charge is 0.497 e. The number of likely N-dealkylation sites (tertiary alicyclic amines) is 1. The molecule has 1 amide bonds. The van der Waals surface area contributed by atoms with Crippen molar-refractivity contribution in [3.8, 4) is 17.1 Å². The summed E-state index contributed by atoms with van der Waals surface area (Å²) < 4.78 is 23.6. The Morgan fingerprint density at radius 2 is 2.00 bits per heavy atom. The van der Waals surface area contributed by atoms with Crippen LogP contribution in [0.2, 0.25) is 0 Å². The molecule has 4 rings (SSSR count). The highest BCUT2D eigenvalue weighted by atomic mass is 19.1. The number of aromatic nitrogens is 2. The number of carbonyl (C=O) groups excluding carboxylic acids is 1. The normalized spacial score (nSPS) is 16.8. The zero-order valence-electron chi connectivity index (χ0n) is 17.4. The van der Waals surface area contributed by atoms with Gasteiger partial charge < -0.3 is 14.6 Å². The molecule has 0 spiro atoms. The van der Waals surface area contributed by atoms with Crippen molar-refractivity contribution >= 4 is 5.91 Å². The van der Waals surface area contributed by atoms with E-state index in [1.807, 2.05) is 24.3 Å². The standard InChI is InChI=1S/C23H25FN4O3/c1-30-20-10-6-17(7-11-20)22-26-21(31-27-22)15-28-12-2-3-18(14-28)23(29)25-13-16-4-8-19(24)9-5-16/h4-11,18H,2-3,12-15H2,1H3,(H,25,29). The van der Waals surface area contributed by atoms with Gasteiger partial charge in [0.1, 0.15) is 11.6 Å². The fraction of sp³-hybridized carbons (Fsp3) is 0.348. The van der Waals surface area contributed by atoms with Crippen LogP contribution in [0.4, 0.5) is 4.39 Å². The molecule has 1 aromatic heterocycles. The van der Waals surface area contributed by atoms with Crippen molar-refractivity contribution in [1.29, 1.82) is 0 Å². The minimum absolute atomic E-state index is 0.0125. The highest BCUT2D eigenvalue weighted by Crippen LogP contribution is 2.22. The van der Waals surface area contributed by atoms with Gasteiger partial charge in [-0.25, -0.2) is 4.39 Å². The van der Waals surface area contributed by atoms with Crippen LogP contribution >= 0.6 is 0 Å². The lowest BCUT2D eigenvalue weighted by Crippen LogP contribution is -2.42. The second-order valence-corrected chi connectivity index (χ2v) is 7.66. The van der Waals surface area contributed by atoms with Crippen LogP contribution in [-0.4, -0.2) is 41.1 Å². The number of methoxy groups -OCH3 is 1. The average molecular weight is 424 g/mol. The van der Waals surface area contributed by atoms with E-state index in [-0.39, 0.29) is 17.6 Å². The van der Waals surface area contributed by atoms with Gasteiger partial charge in [-0.3, -0.25) is 9.69 Å². The maximum atomic E-state index is 13.0. The van der Waals surface area contributed by atoms with E-state index in [1.165, 1.54) is 12.1 Å². The molecule has 2 aromatic carbocycles. The molecule has 7 nitrogen and oxygen atoms in total. The Morgan fingerprint density at radius 1 is 1.23 bits per heavy atom. The summed E-state index contributed by atoms with van der Waals surface area (Å²) >= 11 is 0. The fourth-order valence-corrected chi connectivity index (χ4v) is 3.72. The minimum Gasteiger partial charge on any atom is -0.497 e. The van der Waals surface area contributed by atoms with E-state index in [9.17, 15) is 9.18 Å². The smallest absolute Gasteiger partial charge is 0.241 e. The Labute approximate surface area is 180 Å². The van der Waals surface area contributed by atoms with E-state index in [2.05, 4.69) is 20.4 Å². The van der Waals surface area contributed by atoms with Gasteiger partial charge in [0.25, 0.3) is 0 Å². The summed E-state index contributed by atoms with van der Waals surface area (Å²) in [4.78, 5) is 19.3. The van der Waals surface area contributed by atoms with Crippen LogP contribution in [0.3, 0.4) is 0 Å². The molecule has 0 saturated carbocycles. The predicted molar refractivity (Wildman–Crippen MR) is 113 cm³/mol. The van der Waals surface area contributed by atoms with Gasteiger partial charge >= 0.3 is 0 Å². The maximum Gasteiger partial charge on any atom is 0.241 e. The zero-order chi connectivity index (χ0) is 21.6. The molecule has 0 radical (unpaired) electrons. The van der Waals surface area contributed by atoms with Crippen molar-refractivity contribution in [2.45, 2.75) is 25.9 Å². The summed E-state index contributed by atoms with van der Waals surface area (Å²) in [7, 11) is 1.62. The number of benzene rings is 2. The Kier molecular flexibility index (Phi) is 6.57. The predicted octanol–water partition coefficient (Wildman–Crippen LogP) is 3.41. The van der Waals surface area contributed by atoms with Crippen LogP contribution in [0.5, 0.6) is 5.75 Å². The van der Waals surface area contributed by atoms with E-state index >= 15 is 0 Å². The summed E-state index contributed by atoms with van der Waals surface area (Å²) in [6.45, 7) is 2.41. The van der Waals surface area contributed by atoms with Gasteiger partial charge in [-0.1, -0.05) is 17.3 Å². The number of piperidine rings is 1. The molecule has 1 N–H and O–H groups in total. The third-order valence-corrected chi connectivity index (χ3v) is 5.43. The quantitative estimate of drug-likeness (QED) is 0.626. The van der Waals surface area contributed by atoms with Crippen molar-refractivity contribution in [3.05, 3.63) is 65.8 Å². The van der Waals surface area contributed by atoms with Crippen molar-refractivity contribution in [2.75, 3.05) is 20.2 Å². The van der Waals surface area contributed by atoms with Gasteiger partial charge in [0.2, 0.25) is 17.6 Å². The van der Waals surface area contributed by atoms with Crippen molar-refractivity contribution in [1.82, 2.24) is 20.4 Å². The third kappa shape index (κ3) is 5.46. The van der Waals surface area contributed by atoms with Gasteiger partial charge in [0.05, 0.1) is 19.6 Å². The highest BCUT2D eigenvalue weighted by molar-refractivity contribution is 5.79. The summed E-state index contributed by atoms with van der Waals surface area (Å²) in [5.41, 5.74) is 1.73. The van der Waals surface area contributed by atoms with E-state index in [0.717, 1.165) is 36.3 Å². The first-order chi connectivity index (χ1) is 15.1. The molecule has 0 aliphatic carbocycles. The number of nitrogens with one attached hydrogen (secondary N) is 1. The number of hydrogen-bond acceptors (Lipinski definition) is 6. The van der Waals surface area contributed by atoms with Crippen molar-refractivity contribution in [3.63, 3.8) is 0 Å².